The highest BCUT2D eigenvalue weighted by atomic mass is 32.1. The van der Waals surface area contributed by atoms with E-state index in [1.807, 2.05) is 0 Å². The summed E-state index contributed by atoms with van der Waals surface area (Å²) >= 11 is 0.334. The smallest absolute Gasteiger partial charge is 0.381 e. The zero-order chi connectivity index (χ0) is 13.4. The first-order chi connectivity index (χ1) is 8.33. The minimum Gasteiger partial charge on any atom is -0.381 e. The molecule has 2 N–H and O–H groups in total. The van der Waals surface area contributed by atoms with E-state index in [1.54, 1.807) is 0 Å². The van der Waals surface area contributed by atoms with Crippen LogP contribution in [0.4, 0.5) is 13.2 Å². The molecule has 1 aliphatic rings. The molecule has 0 saturated carbocycles. The van der Waals surface area contributed by atoms with Gasteiger partial charge in [0.1, 0.15) is 0 Å². The molecule has 2 rings (SSSR count). The summed E-state index contributed by atoms with van der Waals surface area (Å²) in [7, 11) is 0. The molecule has 0 atom stereocenters. The van der Waals surface area contributed by atoms with E-state index in [-0.39, 0.29) is 4.88 Å². The Hall–Kier alpha value is -0.990. The van der Waals surface area contributed by atoms with Crippen molar-refractivity contribution >= 4 is 17.1 Å². The molecule has 0 radical (unpaired) electrons. The van der Waals surface area contributed by atoms with E-state index in [9.17, 15) is 18.0 Å². The Morgan fingerprint density at radius 1 is 1.44 bits per heavy atom. The van der Waals surface area contributed by atoms with E-state index in [0.29, 0.717) is 37.4 Å². The fourth-order valence-electron chi connectivity index (χ4n) is 1.72. The summed E-state index contributed by atoms with van der Waals surface area (Å²) in [5.74, 6) is -0.487. The van der Waals surface area contributed by atoms with E-state index in [1.165, 1.54) is 0 Å². The number of ketones is 1. The number of nitrogens with two attached hydrogens (primary N) is 1. The molecule has 18 heavy (non-hydrogen) atoms. The van der Waals surface area contributed by atoms with Gasteiger partial charge in [-0.25, -0.2) is 4.98 Å². The zero-order valence-corrected chi connectivity index (χ0v) is 10.1. The summed E-state index contributed by atoms with van der Waals surface area (Å²) in [5.41, 5.74) is 4.79. The van der Waals surface area contributed by atoms with E-state index in [2.05, 4.69) is 4.98 Å². The molecule has 1 fully saturated rings. The Morgan fingerprint density at radius 3 is 2.56 bits per heavy atom. The van der Waals surface area contributed by atoms with Crippen LogP contribution in [0.25, 0.3) is 0 Å². The van der Waals surface area contributed by atoms with Gasteiger partial charge in [-0.05, 0) is 12.8 Å². The quantitative estimate of drug-likeness (QED) is 0.840. The monoisotopic (exact) mass is 280 g/mol. The van der Waals surface area contributed by atoms with Gasteiger partial charge < -0.3 is 10.5 Å². The molecular formula is C10H11F3N2O2S. The van der Waals surface area contributed by atoms with Crippen LogP contribution in [0.5, 0.6) is 0 Å². The summed E-state index contributed by atoms with van der Waals surface area (Å²) in [6.07, 6.45) is -2.96. The van der Waals surface area contributed by atoms with Crippen LogP contribution in [-0.2, 0) is 10.9 Å². The van der Waals surface area contributed by atoms with Crippen molar-refractivity contribution in [1.29, 1.82) is 0 Å². The number of hydrogen-bond acceptors (Lipinski definition) is 5. The van der Waals surface area contributed by atoms with Gasteiger partial charge in [0.15, 0.2) is 10.8 Å². The van der Waals surface area contributed by atoms with Gasteiger partial charge in [0.25, 0.3) is 0 Å². The number of hydrogen-bond donors (Lipinski definition) is 1. The van der Waals surface area contributed by atoms with Gasteiger partial charge in [-0.2, -0.15) is 13.2 Å². The summed E-state index contributed by atoms with van der Waals surface area (Å²) < 4.78 is 42.2. The van der Waals surface area contributed by atoms with Crippen LogP contribution in [0.15, 0.2) is 6.20 Å². The van der Waals surface area contributed by atoms with Crippen molar-refractivity contribution in [2.45, 2.75) is 24.6 Å². The molecule has 8 heteroatoms. The van der Waals surface area contributed by atoms with Crippen LogP contribution in [0, 0.1) is 0 Å². The van der Waals surface area contributed by atoms with Crippen molar-refractivity contribution in [1.82, 2.24) is 4.98 Å². The summed E-state index contributed by atoms with van der Waals surface area (Å²) in [6, 6.07) is 0. The summed E-state index contributed by atoms with van der Waals surface area (Å²) in [6.45, 7) is 0.681. The number of nitrogens with zero attached hydrogens (tertiary/aromatic N) is 1. The van der Waals surface area contributed by atoms with Crippen molar-refractivity contribution in [3.8, 4) is 0 Å². The van der Waals surface area contributed by atoms with Gasteiger partial charge in [-0.3, -0.25) is 4.79 Å². The maximum absolute atomic E-state index is 12.4. The maximum Gasteiger partial charge on any atom is 0.443 e. The first kappa shape index (κ1) is 13.4. The van der Waals surface area contributed by atoms with Gasteiger partial charge in [0.2, 0.25) is 0 Å². The number of Topliss-reactive ketones (excluding diaryl/α,β-unsaturated/α-hetero) is 1. The number of thiazole rings is 1. The van der Waals surface area contributed by atoms with Crippen molar-refractivity contribution in [2.75, 3.05) is 13.2 Å². The molecule has 0 unspecified atom stereocenters. The first-order valence-corrected chi connectivity index (χ1v) is 6.09. The van der Waals surface area contributed by atoms with Crippen LogP contribution in [-0.4, -0.2) is 29.5 Å². The van der Waals surface area contributed by atoms with Crippen LogP contribution in [0.1, 0.15) is 27.5 Å². The lowest BCUT2D eigenvalue weighted by Gasteiger charge is -2.31. The molecule has 1 saturated heterocycles. The third-order valence-corrected chi connectivity index (χ3v) is 3.85. The highest BCUT2D eigenvalue weighted by Gasteiger charge is 2.40. The third-order valence-electron chi connectivity index (χ3n) is 2.81. The second-order valence-electron chi connectivity index (χ2n) is 4.13. The topological polar surface area (TPSA) is 65.2 Å². The standard InChI is InChI=1S/C10H11F3N2O2S/c11-10(12,13)8-15-5-6(18-8)7(16)9(14)1-3-17-4-2-9/h5H,1-4,14H2. The average molecular weight is 280 g/mol. The third kappa shape index (κ3) is 2.55. The number of carbonyl (C=O) groups is 1. The number of halogens is 3. The Balaban J connectivity index is 2.21. The molecule has 2 heterocycles. The van der Waals surface area contributed by atoms with Crippen LogP contribution < -0.4 is 5.73 Å². The number of ether oxygens (including phenoxy) is 1. The van der Waals surface area contributed by atoms with E-state index in [0.717, 1.165) is 6.20 Å². The lowest BCUT2D eigenvalue weighted by Crippen LogP contribution is -2.51. The highest BCUT2D eigenvalue weighted by Crippen LogP contribution is 2.34. The van der Waals surface area contributed by atoms with Gasteiger partial charge in [0.05, 0.1) is 10.4 Å². The van der Waals surface area contributed by atoms with Crippen molar-refractivity contribution in [3.05, 3.63) is 16.1 Å². The molecule has 0 bridgehead atoms. The van der Waals surface area contributed by atoms with Crippen LogP contribution in [0.2, 0.25) is 0 Å². The number of aromatic nitrogens is 1. The molecule has 0 spiro atoms. The molecular weight excluding hydrogens is 269 g/mol. The molecule has 1 aromatic rings. The molecule has 100 valence electrons. The molecule has 1 aromatic heterocycles. The zero-order valence-electron chi connectivity index (χ0n) is 9.29. The number of alkyl halides is 3. The summed E-state index contributed by atoms with van der Waals surface area (Å²) in [4.78, 5) is 15.3. The number of rotatable bonds is 2. The lowest BCUT2D eigenvalue weighted by atomic mass is 9.86. The van der Waals surface area contributed by atoms with Crippen molar-refractivity contribution in [2.24, 2.45) is 5.73 Å². The maximum atomic E-state index is 12.4. The predicted molar refractivity (Wildman–Crippen MR) is 58.4 cm³/mol. The minimum absolute atomic E-state index is 0.0493. The fraction of sp³-hybridized carbons (Fsp3) is 0.600. The van der Waals surface area contributed by atoms with E-state index in [4.69, 9.17) is 10.5 Å². The second kappa shape index (κ2) is 4.60. The largest absolute Gasteiger partial charge is 0.443 e. The Kier molecular flexibility index (Phi) is 3.43. The average Bonchev–Trinajstić information content (AvgIpc) is 2.77. The summed E-state index contributed by atoms with van der Waals surface area (Å²) in [5, 5.41) is -1.03. The van der Waals surface area contributed by atoms with E-state index < -0.39 is 22.5 Å². The van der Waals surface area contributed by atoms with Crippen LogP contribution in [0.3, 0.4) is 0 Å². The highest BCUT2D eigenvalue weighted by molar-refractivity contribution is 7.13. The van der Waals surface area contributed by atoms with Gasteiger partial charge in [0, 0.05) is 19.4 Å². The molecule has 0 amide bonds. The van der Waals surface area contributed by atoms with Crippen molar-refractivity contribution < 1.29 is 22.7 Å². The molecule has 0 aliphatic carbocycles. The molecule has 4 nitrogen and oxygen atoms in total. The van der Waals surface area contributed by atoms with E-state index >= 15 is 0 Å². The fourth-order valence-corrected chi connectivity index (χ4v) is 2.55. The van der Waals surface area contributed by atoms with Gasteiger partial charge in [-0.1, -0.05) is 0 Å². The van der Waals surface area contributed by atoms with Crippen LogP contribution >= 0.6 is 11.3 Å². The molecule has 0 aromatic carbocycles. The van der Waals surface area contributed by atoms with Gasteiger partial charge in [-0.15, -0.1) is 11.3 Å². The SMILES string of the molecule is NC1(C(=O)c2cnc(C(F)(F)F)s2)CCOCC1. The lowest BCUT2D eigenvalue weighted by molar-refractivity contribution is -0.137. The minimum atomic E-state index is -4.53. The van der Waals surface area contributed by atoms with Gasteiger partial charge >= 0.3 is 6.18 Å². The Bertz CT molecular complexity index is 452. The predicted octanol–water partition coefficient (Wildman–Crippen LogP) is 1.85. The Morgan fingerprint density at radius 2 is 2.06 bits per heavy atom. The number of carbonyl (C=O) groups excluding carboxylic acids is 1. The second-order valence-corrected chi connectivity index (χ2v) is 5.16. The molecule has 1 aliphatic heterocycles. The normalized spacial score (nSPS) is 19.8. The Labute approximate surface area is 105 Å². The first-order valence-electron chi connectivity index (χ1n) is 5.27. The van der Waals surface area contributed by atoms with Crippen molar-refractivity contribution in [3.63, 3.8) is 0 Å².